The molecule has 2 aromatic heterocycles. The van der Waals surface area contributed by atoms with Crippen LogP contribution in [0.2, 0.25) is 5.02 Å². The molecule has 2 N–H and O–H groups in total. The Balaban J connectivity index is 1.93. The summed E-state index contributed by atoms with van der Waals surface area (Å²) in [6.07, 6.45) is 4.73. The maximum atomic E-state index is 11.7. The molecule has 0 amide bonds. The van der Waals surface area contributed by atoms with Crippen LogP contribution in [0.1, 0.15) is 0 Å². The Morgan fingerprint density at radius 3 is 2.52 bits per heavy atom. The smallest absolute Gasteiger partial charge is 0.229 e. The predicted molar refractivity (Wildman–Crippen MR) is 109 cm³/mol. The van der Waals surface area contributed by atoms with Crippen LogP contribution < -0.4 is 4.72 Å². The highest BCUT2D eigenvalue weighted by atomic mass is 35.5. The summed E-state index contributed by atoms with van der Waals surface area (Å²) in [5.74, 6) is 0. The predicted octanol–water partition coefficient (Wildman–Crippen LogP) is 4.26. The normalized spacial score (nSPS) is 11.8. The highest BCUT2D eigenvalue weighted by Gasteiger charge is 2.14. The lowest BCUT2D eigenvalue weighted by molar-refractivity contribution is 0.607. The molecule has 8 heteroatoms. The van der Waals surface area contributed by atoms with Gasteiger partial charge in [-0.05, 0) is 35.9 Å². The standard InChI is InChI=1S/C19H17ClN4O2S/c1-24-10-18(21-11-24)16-9-15(23-27(2,25)26)7-13-8-17(22-19(13)16)12-3-5-14(20)6-4-12/h3-11,22-23H,1-2H3. The number of halogens is 1. The van der Waals surface area contributed by atoms with Gasteiger partial charge in [0.05, 0.1) is 23.8 Å². The molecule has 2 aromatic carbocycles. The van der Waals surface area contributed by atoms with Gasteiger partial charge in [0.2, 0.25) is 10.0 Å². The van der Waals surface area contributed by atoms with Crippen molar-refractivity contribution in [1.29, 1.82) is 0 Å². The van der Waals surface area contributed by atoms with Gasteiger partial charge in [0.1, 0.15) is 0 Å². The monoisotopic (exact) mass is 400 g/mol. The van der Waals surface area contributed by atoms with E-state index in [2.05, 4.69) is 14.7 Å². The van der Waals surface area contributed by atoms with Gasteiger partial charge in [-0.15, -0.1) is 0 Å². The molecule has 0 fully saturated rings. The molecule has 0 unspecified atom stereocenters. The van der Waals surface area contributed by atoms with Crippen LogP contribution in [0.3, 0.4) is 0 Å². The van der Waals surface area contributed by atoms with E-state index in [1.54, 1.807) is 18.5 Å². The van der Waals surface area contributed by atoms with Gasteiger partial charge < -0.3 is 9.55 Å². The minimum absolute atomic E-state index is 0.493. The van der Waals surface area contributed by atoms with Crippen LogP contribution >= 0.6 is 11.6 Å². The summed E-state index contributed by atoms with van der Waals surface area (Å²) in [4.78, 5) is 7.84. The van der Waals surface area contributed by atoms with Gasteiger partial charge in [-0.2, -0.15) is 0 Å². The Hall–Kier alpha value is -2.77. The molecule has 0 saturated heterocycles. The number of rotatable bonds is 4. The van der Waals surface area contributed by atoms with E-state index in [0.717, 1.165) is 39.7 Å². The molecule has 0 radical (unpaired) electrons. The second-order valence-corrected chi connectivity index (χ2v) is 8.66. The van der Waals surface area contributed by atoms with E-state index in [9.17, 15) is 8.42 Å². The van der Waals surface area contributed by atoms with Crippen molar-refractivity contribution in [3.8, 4) is 22.5 Å². The number of imidazole rings is 1. The maximum Gasteiger partial charge on any atom is 0.229 e. The zero-order valence-corrected chi connectivity index (χ0v) is 16.3. The topological polar surface area (TPSA) is 79.8 Å². The van der Waals surface area contributed by atoms with Gasteiger partial charge in [0.15, 0.2) is 0 Å². The van der Waals surface area contributed by atoms with Crippen molar-refractivity contribution in [2.45, 2.75) is 0 Å². The number of anilines is 1. The third-order valence-electron chi connectivity index (χ3n) is 4.17. The largest absolute Gasteiger partial charge is 0.354 e. The number of benzene rings is 2. The Labute approximate surface area is 161 Å². The third kappa shape index (κ3) is 3.70. The summed E-state index contributed by atoms with van der Waals surface area (Å²) in [7, 11) is -1.50. The fourth-order valence-corrected chi connectivity index (χ4v) is 3.73. The molecule has 27 heavy (non-hydrogen) atoms. The molecule has 0 saturated carbocycles. The Morgan fingerprint density at radius 1 is 1.15 bits per heavy atom. The fourth-order valence-electron chi connectivity index (χ4n) is 3.06. The number of aromatic amines is 1. The number of H-pyrrole nitrogens is 1. The Bertz CT molecular complexity index is 1240. The number of nitrogens with zero attached hydrogens (tertiary/aromatic N) is 2. The molecular weight excluding hydrogens is 384 g/mol. The number of hydrogen-bond donors (Lipinski definition) is 2. The molecule has 0 aliphatic carbocycles. The van der Waals surface area contributed by atoms with Crippen LogP contribution in [0.25, 0.3) is 33.4 Å². The molecular formula is C19H17ClN4O2S. The minimum Gasteiger partial charge on any atom is -0.354 e. The van der Waals surface area contributed by atoms with Crippen LogP contribution in [0.5, 0.6) is 0 Å². The molecule has 4 aromatic rings. The van der Waals surface area contributed by atoms with Crippen LogP contribution in [-0.4, -0.2) is 29.2 Å². The summed E-state index contributed by atoms with van der Waals surface area (Å²) in [6.45, 7) is 0. The number of sulfonamides is 1. The first-order chi connectivity index (χ1) is 12.8. The minimum atomic E-state index is -3.39. The Morgan fingerprint density at radius 2 is 1.89 bits per heavy atom. The first-order valence-corrected chi connectivity index (χ1v) is 10.4. The molecule has 0 aliphatic heterocycles. The average Bonchev–Trinajstić information content (AvgIpc) is 3.19. The van der Waals surface area contributed by atoms with Crippen molar-refractivity contribution in [3.05, 3.63) is 60.0 Å². The van der Waals surface area contributed by atoms with Crippen LogP contribution in [0, 0.1) is 0 Å². The van der Waals surface area contributed by atoms with Gasteiger partial charge in [0.25, 0.3) is 0 Å². The fraction of sp³-hybridized carbons (Fsp3) is 0.105. The second-order valence-electron chi connectivity index (χ2n) is 6.48. The van der Waals surface area contributed by atoms with E-state index in [-0.39, 0.29) is 0 Å². The van der Waals surface area contributed by atoms with Crippen LogP contribution in [0.15, 0.2) is 55.0 Å². The number of nitrogens with one attached hydrogen (secondary N) is 2. The van der Waals surface area contributed by atoms with Crippen molar-refractivity contribution >= 4 is 38.2 Å². The average molecular weight is 401 g/mol. The van der Waals surface area contributed by atoms with Gasteiger partial charge >= 0.3 is 0 Å². The molecule has 138 valence electrons. The zero-order valence-electron chi connectivity index (χ0n) is 14.7. The molecule has 6 nitrogen and oxygen atoms in total. The molecule has 0 spiro atoms. The zero-order chi connectivity index (χ0) is 19.2. The van der Waals surface area contributed by atoms with Crippen molar-refractivity contribution < 1.29 is 8.42 Å². The van der Waals surface area contributed by atoms with E-state index in [4.69, 9.17) is 11.6 Å². The van der Waals surface area contributed by atoms with E-state index in [1.807, 2.05) is 48.1 Å². The van der Waals surface area contributed by atoms with Crippen molar-refractivity contribution in [2.75, 3.05) is 11.0 Å². The second kappa shape index (κ2) is 6.44. The lowest BCUT2D eigenvalue weighted by atomic mass is 10.1. The van der Waals surface area contributed by atoms with Gasteiger partial charge in [-0.1, -0.05) is 23.7 Å². The summed E-state index contributed by atoms with van der Waals surface area (Å²) >= 11 is 5.98. The molecule has 0 bridgehead atoms. The first-order valence-electron chi connectivity index (χ1n) is 8.17. The van der Waals surface area contributed by atoms with E-state index in [1.165, 1.54) is 0 Å². The van der Waals surface area contributed by atoms with E-state index >= 15 is 0 Å². The molecule has 4 rings (SSSR count). The summed E-state index contributed by atoms with van der Waals surface area (Å²) < 4.78 is 27.8. The summed E-state index contributed by atoms with van der Waals surface area (Å²) in [5.41, 5.74) is 4.85. The van der Waals surface area contributed by atoms with Crippen LogP contribution in [-0.2, 0) is 17.1 Å². The number of aromatic nitrogens is 3. The van der Waals surface area contributed by atoms with Crippen LogP contribution in [0.4, 0.5) is 5.69 Å². The number of fused-ring (bicyclic) bond motifs is 1. The maximum absolute atomic E-state index is 11.7. The van der Waals surface area contributed by atoms with Gasteiger partial charge in [-0.25, -0.2) is 13.4 Å². The number of hydrogen-bond acceptors (Lipinski definition) is 3. The number of aryl methyl sites for hydroxylation is 1. The highest BCUT2D eigenvalue weighted by molar-refractivity contribution is 7.92. The molecule has 2 heterocycles. The van der Waals surface area contributed by atoms with Gasteiger partial charge in [-0.3, -0.25) is 4.72 Å². The molecule has 0 atom stereocenters. The third-order valence-corrected chi connectivity index (χ3v) is 5.03. The van der Waals surface area contributed by atoms with Gasteiger partial charge in [0, 0.05) is 40.6 Å². The molecule has 0 aliphatic rings. The summed E-state index contributed by atoms with van der Waals surface area (Å²) in [5, 5.41) is 1.55. The van der Waals surface area contributed by atoms with E-state index < -0.39 is 10.0 Å². The lowest BCUT2D eigenvalue weighted by Gasteiger charge is -2.07. The Kier molecular flexibility index (Phi) is 4.20. The van der Waals surface area contributed by atoms with Crippen molar-refractivity contribution in [1.82, 2.24) is 14.5 Å². The summed E-state index contributed by atoms with van der Waals surface area (Å²) in [6, 6.07) is 13.1. The quantitative estimate of drug-likeness (QED) is 0.537. The van der Waals surface area contributed by atoms with E-state index in [0.29, 0.717) is 10.7 Å². The first kappa shape index (κ1) is 17.6. The lowest BCUT2D eigenvalue weighted by Crippen LogP contribution is -2.09. The highest BCUT2D eigenvalue weighted by Crippen LogP contribution is 2.34. The SMILES string of the molecule is Cn1cnc(-c2cc(NS(C)(=O)=O)cc3cc(-c4ccc(Cl)cc4)[nH]c23)c1. The van der Waals surface area contributed by atoms with Crippen molar-refractivity contribution in [3.63, 3.8) is 0 Å². The van der Waals surface area contributed by atoms with Crippen molar-refractivity contribution in [2.24, 2.45) is 7.05 Å².